The third-order valence-corrected chi connectivity index (χ3v) is 3.96. The van der Waals surface area contributed by atoms with Gasteiger partial charge in [0.2, 0.25) is 0 Å². The summed E-state index contributed by atoms with van der Waals surface area (Å²) in [7, 11) is 0. The molecule has 0 unspecified atom stereocenters. The number of carbonyl (C=O) groups is 2. The first-order valence-corrected chi connectivity index (χ1v) is 7.24. The molecule has 0 saturated carbocycles. The van der Waals surface area contributed by atoms with E-state index in [9.17, 15) is 9.59 Å². The molecule has 0 atom stereocenters. The highest BCUT2D eigenvalue weighted by atomic mass is 16.3. The van der Waals surface area contributed by atoms with Gasteiger partial charge in [0, 0.05) is 31.7 Å². The lowest BCUT2D eigenvalue weighted by atomic mass is 10.1. The van der Waals surface area contributed by atoms with Crippen molar-refractivity contribution in [3.8, 4) is 0 Å². The van der Waals surface area contributed by atoms with Gasteiger partial charge in [0.25, 0.3) is 11.8 Å². The van der Waals surface area contributed by atoms with Gasteiger partial charge in [0.05, 0.1) is 18.1 Å². The second-order valence-corrected chi connectivity index (χ2v) is 5.41. The van der Waals surface area contributed by atoms with E-state index in [2.05, 4.69) is 0 Å². The molecule has 3 heterocycles. The largest absolute Gasteiger partial charge is 0.469 e. The molecule has 2 aromatic heterocycles. The van der Waals surface area contributed by atoms with Crippen molar-refractivity contribution >= 4 is 11.8 Å². The van der Waals surface area contributed by atoms with Gasteiger partial charge in [-0.2, -0.15) is 0 Å². The van der Waals surface area contributed by atoms with Crippen LogP contribution in [0.2, 0.25) is 0 Å². The molecule has 3 rings (SSSR count). The van der Waals surface area contributed by atoms with E-state index in [-0.39, 0.29) is 11.8 Å². The van der Waals surface area contributed by atoms with Crippen LogP contribution in [0.15, 0.2) is 33.5 Å². The predicted octanol–water partition coefficient (Wildman–Crippen LogP) is 2.09. The number of nitrogens with zero attached hydrogens (tertiary/aromatic N) is 2. The van der Waals surface area contributed by atoms with Crippen LogP contribution in [0.1, 0.15) is 32.2 Å². The van der Waals surface area contributed by atoms with Gasteiger partial charge in [0.1, 0.15) is 5.76 Å². The summed E-state index contributed by atoms with van der Waals surface area (Å²) in [6.45, 7) is 5.67. The third kappa shape index (κ3) is 2.52. The van der Waals surface area contributed by atoms with Gasteiger partial charge in [-0.15, -0.1) is 0 Å². The summed E-state index contributed by atoms with van der Waals surface area (Å²) < 4.78 is 10.4. The van der Waals surface area contributed by atoms with Crippen LogP contribution in [0.25, 0.3) is 0 Å². The Morgan fingerprint density at radius 3 is 2.14 bits per heavy atom. The third-order valence-electron chi connectivity index (χ3n) is 3.96. The molecule has 22 heavy (non-hydrogen) atoms. The molecule has 6 heteroatoms. The number of hydrogen-bond acceptors (Lipinski definition) is 4. The molecule has 0 spiro atoms. The maximum Gasteiger partial charge on any atom is 0.289 e. The number of piperazine rings is 1. The first kappa shape index (κ1) is 14.4. The molecular weight excluding hydrogens is 284 g/mol. The molecule has 0 bridgehead atoms. The van der Waals surface area contributed by atoms with Crippen LogP contribution in [0.4, 0.5) is 0 Å². The lowest BCUT2D eigenvalue weighted by Crippen LogP contribution is -2.50. The van der Waals surface area contributed by atoms with Crippen LogP contribution < -0.4 is 0 Å². The Balaban J connectivity index is 1.65. The Morgan fingerprint density at radius 1 is 1.00 bits per heavy atom. The number of carbonyl (C=O) groups excluding carboxylic acids is 2. The van der Waals surface area contributed by atoms with Crippen LogP contribution >= 0.6 is 0 Å². The zero-order chi connectivity index (χ0) is 15.7. The van der Waals surface area contributed by atoms with Gasteiger partial charge in [-0.25, -0.2) is 0 Å². The Hall–Kier alpha value is -2.50. The van der Waals surface area contributed by atoms with Crippen molar-refractivity contribution in [2.24, 2.45) is 0 Å². The van der Waals surface area contributed by atoms with Crippen LogP contribution in [0.3, 0.4) is 0 Å². The van der Waals surface area contributed by atoms with E-state index in [0.717, 1.165) is 5.56 Å². The monoisotopic (exact) mass is 302 g/mol. The fourth-order valence-electron chi connectivity index (χ4n) is 2.72. The van der Waals surface area contributed by atoms with E-state index < -0.39 is 0 Å². The lowest BCUT2D eigenvalue weighted by Gasteiger charge is -2.34. The molecule has 0 N–H and O–H groups in total. The van der Waals surface area contributed by atoms with E-state index in [1.807, 2.05) is 6.92 Å². The Labute approximate surface area is 128 Å². The highest BCUT2D eigenvalue weighted by Gasteiger charge is 2.28. The molecule has 1 aliphatic heterocycles. The first-order valence-electron chi connectivity index (χ1n) is 7.24. The normalized spacial score (nSPS) is 15.2. The summed E-state index contributed by atoms with van der Waals surface area (Å²) in [5.41, 5.74) is 1.47. The molecule has 1 saturated heterocycles. The van der Waals surface area contributed by atoms with Crippen molar-refractivity contribution in [1.82, 2.24) is 9.80 Å². The summed E-state index contributed by atoms with van der Waals surface area (Å²) in [6.07, 6.45) is 3.08. The summed E-state index contributed by atoms with van der Waals surface area (Å²) >= 11 is 0. The maximum atomic E-state index is 12.6. The Kier molecular flexibility index (Phi) is 3.75. The fraction of sp³-hybridized carbons (Fsp3) is 0.375. The van der Waals surface area contributed by atoms with Gasteiger partial charge in [0.15, 0.2) is 5.76 Å². The fourth-order valence-corrected chi connectivity index (χ4v) is 2.72. The van der Waals surface area contributed by atoms with E-state index in [0.29, 0.717) is 43.3 Å². The maximum absolute atomic E-state index is 12.6. The van der Waals surface area contributed by atoms with Gasteiger partial charge >= 0.3 is 0 Å². The minimum Gasteiger partial charge on any atom is -0.469 e. The van der Waals surface area contributed by atoms with E-state index in [4.69, 9.17) is 8.83 Å². The molecule has 116 valence electrons. The van der Waals surface area contributed by atoms with Crippen LogP contribution in [0.5, 0.6) is 0 Å². The molecular formula is C16H18N2O4. The topological polar surface area (TPSA) is 66.9 Å². The zero-order valence-electron chi connectivity index (χ0n) is 12.7. The standard InChI is InChI=1S/C16H18N2O4/c1-11-10-22-12(2)14(11)16(20)18-7-5-17(6-8-18)15(19)13-4-3-9-21-13/h3-4,9-10H,5-8H2,1-2H3. The highest BCUT2D eigenvalue weighted by Crippen LogP contribution is 2.19. The number of hydrogen-bond donors (Lipinski definition) is 0. The minimum atomic E-state index is -0.132. The SMILES string of the molecule is Cc1coc(C)c1C(=O)N1CCN(C(=O)c2ccco2)CC1. The average molecular weight is 302 g/mol. The summed E-state index contributed by atoms with van der Waals surface area (Å²) in [5, 5.41) is 0. The molecule has 2 amide bonds. The lowest BCUT2D eigenvalue weighted by molar-refractivity contribution is 0.0517. The zero-order valence-corrected chi connectivity index (χ0v) is 12.7. The molecule has 6 nitrogen and oxygen atoms in total. The van der Waals surface area contributed by atoms with Crippen LogP contribution in [0, 0.1) is 13.8 Å². The van der Waals surface area contributed by atoms with Crippen LogP contribution in [-0.2, 0) is 0 Å². The van der Waals surface area contributed by atoms with Crippen molar-refractivity contribution in [2.45, 2.75) is 13.8 Å². The average Bonchev–Trinajstić information content (AvgIpc) is 3.17. The second kappa shape index (κ2) is 5.71. The van der Waals surface area contributed by atoms with E-state index in [1.54, 1.807) is 35.1 Å². The Morgan fingerprint density at radius 2 is 1.64 bits per heavy atom. The number of aryl methyl sites for hydroxylation is 2. The minimum absolute atomic E-state index is 0.0335. The number of rotatable bonds is 2. The Bertz CT molecular complexity index is 660. The number of amides is 2. The highest BCUT2D eigenvalue weighted by molar-refractivity contribution is 5.97. The van der Waals surface area contributed by atoms with Gasteiger partial charge < -0.3 is 18.6 Å². The summed E-state index contributed by atoms with van der Waals surface area (Å²) in [5.74, 6) is 0.805. The molecule has 1 fully saturated rings. The molecule has 0 aliphatic carbocycles. The van der Waals surface area contributed by atoms with Gasteiger partial charge in [-0.3, -0.25) is 9.59 Å². The summed E-state index contributed by atoms with van der Waals surface area (Å²) in [4.78, 5) is 28.2. The summed E-state index contributed by atoms with van der Waals surface area (Å²) in [6, 6.07) is 3.34. The van der Waals surface area contributed by atoms with Crippen molar-refractivity contribution in [3.05, 3.63) is 47.3 Å². The van der Waals surface area contributed by atoms with Gasteiger partial charge in [-0.05, 0) is 26.0 Å². The van der Waals surface area contributed by atoms with Crippen molar-refractivity contribution in [3.63, 3.8) is 0 Å². The van der Waals surface area contributed by atoms with E-state index in [1.165, 1.54) is 6.26 Å². The molecule has 2 aromatic rings. The second-order valence-electron chi connectivity index (χ2n) is 5.41. The van der Waals surface area contributed by atoms with Gasteiger partial charge in [-0.1, -0.05) is 0 Å². The molecule has 1 aliphatic rings. The smallest absolute Gasteiger partial charge is 0.289 e. The van der Waals surface area contributed by atoms with E-state index >= 15 is 0 Å². The quantitative estimate of drug-likeness (QED) is 0.852. The molecule has 0 aromatic carbocycles. The van der Waals surface area contributed by atoms with Crippen molar-refractivity contribution in [1.29, 1.82) is 0 Å². The predicted molar refractivity (Wildman–Crippen MR) is 78.7 cm³/mol. The number of furan rings is 2. The molecule has 0 radical (unpaired) electrons. The van der Waals surface area contributed by atoms with Crippen LogP contribution in [-0.4, -0.2) is 47.8 Å². The van der Waals surface area contributed by atoms with Crippen molar-refractivity contribution < 1.29 is 18.4 Å². The van der Waals surface area contributed by atoms with Crippen molar-refractivity contribution in [2.75, 3.05) is 26.2 Å². The first-order chi connectivity index (χ1) is 10.6.